The molecule has 0 spiro atoms. The monoisotopic (exact) mass is 485 g/mol. The Hall–Kier alpha value is -4.48. The average Bonchev–Trinajstić information content (AvgIpc) is 3.16. The van der Waals surface area contributed by atoms with Crippen LogP contribution in [0.3, 0.4) is 0 Å². The summed E-state index contributed by atoms with van der Waals surface area (Å²) in [5, 5.41) is 12.1. The minimum atomic E-state index is -0.914. The van der Waals surface area contributed by atoms with Crippen molar-refractivity contribution in [1.82, 2.24) is 4.57 Å². The van der Waals surface area contributed by atoms with Gasteiger partial charge in [-0.15, -0.1) is 0 Å². The van der Waals surface area contributed by atoms with Crippen molar-refractivity contribution in [3.8, 4) is 6.07 Å². The number of anilines is 1. The van der Waals surface area contributed by atoms with Crippen molar-refractivity contribution in [2.75, 3.05) is 25.6 Å². The highest BCUT2D eigenvalue weighted by Crippen LogP contribution is 2.20. The zero-order valence-electron chi connectivity index (χ0n) is 20.4. The van der Waals surface area contributed by atoms with Crippen LogP contribution in [0.25, 0.3) is 6.08 Å². The summed E-state index contributed by atoms with van der Waals surface area (Å²) in [6.45, 7) is 4.37. The number of benzene rings is 2. The van der Waals surface area contributed by atoms with E-state index in [9.17, 15) is 19.6 Å². The Morgan fingerprint density at radius 1 is 1.06 bits per heavy atom. The second-order valence-electron chi connectivity index (χ2n) is 8.01. The topological polar surface area (TPSA) is 110 Å². The number of aromatic nitrogens is 1. The number of nitrogens with one attached hydrogen (secondary N) is 1. The number of methoxy groups -OCH3 is 1. The first-order chi connectivity index (χ1) is 17.3. The molecule has 36 heavy (non-hydrogen) atoms. The van der Waals surface area contributed by atoms with E-state index in [1.54, 1.807) is 55.6 Å². The number of ketones is 1. The summed E-state index contributed by atoms with van der Waals surface area (Å²) < 4.78 is 12.2. The van der Waals surface area contributed by atoms with Crippen LogP contribution in [0.4, 0.5) is 5.69 Å². The zero-order valence-corrected chi connectivity index (χ0v) is 20.4. The van der Waals surface area contributed by atoms with Crippen LogP contribution >= 0.6 is 0 Å². The number of ether oxygens (including phenoxy) is 2. The largest absolute Gasteiger partial charge is 0.451 e. The number of esters is 1. The molecule has 1 N–H and O–H groups in total. The molecule has 8 heteroatoms. The Labute approximate surface area is 209 Å². The molecule has 3 rings (SSSR count). The van der Waals surface area contributed by atoms with Crippen molar-refractivity contribution in [3.05, 3.63) is 94.3 Å². The highest BCUT2D eigenvalue weighted by atomic mass is 16.5. The van der Waals surface area contributed by atoms with Crippen molar-refractivity contribution in [3.63, 3.8) is 0 Å². The van der Waals surface area contributed by atoms with Crippen LogP contribution in [0.2, 0.25) is 0 Å². The second-order valence-corrected chi connectivity index (χ2v) is 8.01. The number of hydrogen-bond donors (Lipinski definition) is 1. The summed E-state index contributed by atoms with van der Waals surface area (Å²) >= 11 is 0. The summed E-state index contributed by atoms with van der Waals surface area (Å²) in [7, 11) is 1.62. The van der Waals surface area contributed by atoms with Gasteiger partial charge >= 0.3 is 5.97 Å². The maximum atomic E-state index is 12.8. The molecule has 0 saturated heterocycles. The molecule has 0 aliphatic carbocycles. The van der Waals surface area contributed by atoms with Crippen LogP contribution in [0.1, 0.15) is 32.9 Å². The highest BCUT2D eigenvalue weighted by molar-refractivity contribution is 6.14. The fourth-order valence-corrected chi connectivity index (χ4v) is 3.72. The molecule has 0 unspecified atom stereocenters. The van der Waals surface area contributed by atoms with Crippen LogP contribution in [-0.4, -0.2) is 42.6 Å². The number of amides is 1. The molecule has 0 atom stereocenters. The molecule has 0 fully saturated rings. The third-order valence-electron chi connectivity index (χ3n) is 5.59. The lowest BCUT2D eigenvalue weighted by Gasteiger charge is -2.11. The molecular formula is C28H27N3O5. The van der Waals surface area contributed by atoms with Crippen molar-refractivity contribution in [1.29, 1.82) is 5.26 Å². The van der Waals surface area contributed by atoms with Gasteiger partial charge in [-0.3, -0.25) is 9.59 Å². The molecule has 3 aromatic rings. The predicted octanol–water partition coefficient (Wildman–Crippen LogP) is 4.07. The van der Waals surface area contributed by atoms with Crippen LogP contribution in [0.5, 0.6) is 0 Å². The van der Waals surface area contributed by atoms with Gasteiger partial charge in [0.1, 0.15) is 11.6 Å². The fourth-order valence-electron chi connectivity index (χ4n) is 3.72. The Bertz CT molecular complexity index is 1330. The number of carbonyl (C=O) groups excluding carboxylic acids is 3. The van der Waals surface area contributed by atoms with Gasteiger partial charge in [0, 0.05) is 36.2 Å². The lowest BCUT2D eigenvalue weighted by Crippen LogP contribution is -2.22. The average molecular weight is 486 g/mol. The first-order valence-corrected chi connectivity index (χ1v) is 11.3. The molecule has 1 amide bonds. The van der Waals surface area contributed by atoms with Crippen LogP contribution < -0.4 is 5.32 Å². The van der Waals surface area contributed by atoms with E-state index in [0.29, 0.717) is 35.5 Å². The van der Waals surface area contributed by atoms with Gasteiger partial charge in [-0.1, -0.05) is 42.5 Å². The number of para-hydroxylation sites is 1. The van der Waals surface area contributed by atoms with Gasteiger partial charge in [0.15, 0.2) is 12.4 Å². The smallest absolute Gasteiger partial charge is 0.349 e. The first-order valence-electron chi connectivity index (χ1n) is 11.3. The normalized spacial score (nSPS) is 11.0. The molecule has 2 aromatic carbocycles. The molecule has 1 heterocycles. The van der Waals surface area contributed by atoms with E-state index in [0.717, 1.165) is 11.4 Å². The van der Waals surface area contributed by atoms with Crippen LogP contribution in [0.15, 0.2) is 66.2 Å². The number of nitriles is 1. The van der Waals surface area contributed by atoms with Crippen molar-refractivity contribution >= 4 is 29.4 Å². The Morgan fingerprint density at radius 3 is 2.44 bits per heavy atom. The number of carbonyl (C=O) groups is 3. The van der Waals surface area contributed by atoms with E-state index in [4.69, 9.17) is 9.47 Å². The molecular weight excluding hydrogens is 458 g/mol. The maximum Gasteiger partial charge on any atom is 0.349 e. The summed E-state index contributed by atoms with van der Waals surface area (Å²) in [6.07, 6.45) is 1.44. The summed E-state index contributed by atoms with van der Waals surface area (Å²) in [5.74, 6) is -1.80. The van der Waals surface area contributed by atoms with E-state index in [1.807, 2.05) is 36.6 Å². The summed E-state index contributed by atoms with van der Waals surface area (Å²) in [5.41, 5.74) is 3.41. The molecule has 184 valence electrons. The van der Waals surface area contributed by atoms with Gasteiger partial charge in [-0.2, -0.15) is 5.26 Å². The van der Waals surface area contributed by atoms with E-state index < -0.39 is 18.5 Å². The molecule has 0 bridgehead atoms. The Balaban J connectivity index is 1.67. The predicted molar refractivity (Wildman–Crippen MR) is 135 cm³/mol. The quantitative estimate of drug-likeness (QED) is 0.201. The Kier molecular flexibility index (Phi) is 8.92. The van der Waals surface area contributed by atoms with E-state index >= 15 is 0 Å². The van der Waals surface area contributed by atoms with E-state index in [2.05, 4.69) is 5.32 Å². The van der Waals surface area contributed by atoms with Crippen molar-refractivity contribution < 1.29 is 23.9 Å². The summed E-state index contributed by atoms with van der Waals surface area (Å²) in [4.78, 5) is 37.8. The number of nitrogens with zero attached hydrogens (tertiary/aromatic N) is 2. The SMILES string of the molecule is COCCn1c(C)cc(/C=C(/C#N)C(=O)OCC(=O)Nc2ccccc2C(=O)c2ccccc2)c1C. The number of rotatable bonds is 10. The van der Waals surface area contributed by atoms with Crippen molar-refractivity contribution in [2.24, 2.45) is 0 Å². The molecule has 0 aliphatic heterocycles. The maximum absolute atomic E-state index is 12.8. The Morgan fingerprint density at radius 2 is 1.75 bits per heavy atom. The van der Waals surface area contributed by atoms with Gasteiger partial charge in [0.05, 0.1) is 12.3 Å². The standard InChI is InChI=1S/C28H27N3O5/c1-19-15-22(20(2)31(19)13-14-35-3)16-23(17-29)28(34)36-18-26(32)30-25-12-8-7-11-24(25)27(33)21-9-5-4-6-10-21/h4-12,15-16H,13-14,18H2,1-3H3,(H,30,32)/b23-16-. The van der Waals surface area contributed by atoms with Crippen LogP contribution in [0, 0.1) is 25.2 Å². The lowest BCUT2D eigenvalue weighted by atomic mass is 10.0. The summed E-state index contributed by atoms with van der Waals surface area (Å²) in [6, 6.07) is 19.0. The molecule has 1 aromatic heterocycles. The third-order valence-corrected chi connectivity index (χ3v) is 5.59. The zero-order chi connectivity index (χ0) is 26.1. The first kappa shape index (κ1) is 26.1. The number of aryl methyl sites for hydroxylation is 1. The van der Waals surface area contributed by atoms with E-state index in [1.165, 1.54) is 6.08 Å². The van der Waals surface area contributed by atoms with Gasteiger partial charge in [-0.05, 0) is 43.7 Å². The van der Waals surface area contributed by atoms with Gasteiger partial charge in [-0.25, -0.2) is 4.79 Å². The van der Waals surface area contributed by atoms with E-state index in [-0.39, 0.29) is 11.4 Å². The molecule has 8 nitrogen and oxygen atoms in total. The van der Waals surface area contributed by atoms with Gasteiger partial charge < -0.3 is 19.4 Å². The molecule has 0 saturated carbocycles. The van der Waals surface area contributed by atoms with Gasteiger partial charge in [0.2, 0.25) is 0 Å². The highest BCUT2D eigenvalue weighted by Gasteiger charge is 2.18. The second kappa shape index (κ2) is 12.3. The minimum absolute atomic E-state index is 0.227. The van der Waals surface area contributed by atoms with Crippen molar-refractivity contribution in [2.45, 2.75) is 20.4 Å². The minimum Gasteiger partial charge on any atom is -0.451 e. The molecule has 0 radical (unpaired) electrons. The van der Waals surface area contributed by atoms with Crippen LogP contribution in [-0.2, 0) is 25.6 Å². The number of hydrogen-bond acceptors (Lipinski definition) is 6. The lowest BCUT2D eigenvalue weighted by molar-refractivity contribution is -0.142. The molecule has 0 aliphatic rings. The van der Waals surface area contributed by atoms with Gasteiger partial charge in [0.25, 0.3) is 5.91 Å². The third kappa shape index (κ3) is 6.34. The fraction of sp³-hybridized carbons (Fsp3) is 0.214.